The second-order valence-corrected chi connectivity index (χ2v) is 15.6. The van der Waals surface area contributed by atoms with Crippen molar-refractivity contribution >= 4 is 85.9 Å². The molecule has 12 rings (SSSR count). The highest BCUT2D eigenvalue weighted by Gasteiger charge is 2.17. The van der Waals surface area contributed by atoms with E-state index in [9.17, 15) is 0 Å². The van der Waals surface area contributed by atoms with Crippen molar-refractivity contribution < 1.29 is 0 Å². The highest BCUT2D eigenvalue weighted by atomic mass is 32.1. The minimum Gasteiger partial charge on any atom is -0.309 e. The maximum absolute atomic E-state index is 2.42. The number of aromatic nitrogens is 2. The van der Waals surface area contributed by atoms with Crippen LogP contribution in [0.1, 0.15) is 0 Å². The molecule has 0 aliphatic heterocycles. The molecule has 0 aliphatic rings. The van der Waals surface area contributed by atoms with Gasteiger partial charge in [-0.15, -0.1) is 11.3 Å². The van der Waals surface area contributed by atoms with Crippen molar-refractivity contribution in [1.82, 2.24) is 9.13 Å². The molecular formula is C52H32N2S. The van der Waals surface area contributed by atoms with Gasteiger partial charge in [0.2, 0.25) is 0 Å². The summed E-state index contributed by atoms with van der Waals surface area (Å²) < 4.78 is 7.50. The van der Waals surface area contributed by atoms with Gasteiger partial charge in [-0.25, -0.2) is 0 Å². The summed E-state index contributed by atoms with van der Waals surface area (Å²) in [6.07, 6.45) is 0. The Morgan fingerprint density at radius 1 is 0.309 bits per heavy atom. The van der Waals surface area contributed by atoms with Crippen LogP contribution < -0.4 is 0 Å². The van der Waals surface area contributed by atoms with Gasteiger partial charge in [-0.2, -0.15) is 0 Å². The van der Waals surface area contributed by atoms with Crippen molar-refractivity contribution in [3.05, 3.63) is 194 Å². The zero-order valence-corrected chi connectivity index (χ0v) is 30.6. The molecule has 55 heavy (non-hydrogen) atoms. The topological polar surface area (TPSA) is 9.86 Å². The fraction of sp³-hybridized carbons (Fsp3) is 0. The van der Waals surface area contributed by atoms with Crippen LogP contribution in [0.25, 0.3) is 108 Å². The Hall–Kier alpha value is -6.94. The summed E-state index contributed by atoms with van der Waals surface area (Å²) in [5.41, 5.74) is 12.1. The first-order valence-corrected chi connectivity index (χ1v) is 19.7. The monoisotopic (exact) mass is 716 g/mol. The van der Waals surface area contributed by atoms with E-state index in [1.807, 2.05) is 11.3 Å². The van der Waals surface area contributed by atoms with Gasteiger partial charge in [-0.1, -0.05) is 127 Å². The summed E-state index contributed by atoms with van der Waals surface area (Å²) in [4.78, 5) is 0. The summed E-state index contributed by atoms with van der Waals surface area (Å²) in [6.45, 7) is 0. The molecule has 0 fully saturated rings. The third-order valence-electron chi connectivity index (χ3n) is 11.5. The highest BCUT2D eigenvalue weighted by Crippen LogP contribution is 2.41. The largest absolute Gasteiger partial charge is 0.309 e. The third kappa shape index (κ3) is 4.60. The molecule has 0 amide bonds. The number of fused-ring (bicyclic) bond motifs is 10. The Labute approximate surface area is 321 Å². The van der Waals surface area contributed by atoms with Crippen LogP contribution >= 0.6 is 11.3 Å². The van der Waals surface area contributed by atoms with Crippen LogP contribution in [0.2, 0.25) is 0 Å². The van der Waals surface area contributed by atoms with E-state index in [1.54, 1.807) is 0 Å². The van der Waals surface area contributed by atoms with Crippen molar-refractivity contribution in [2.75, 3.05) is 0 Å². The molecule has 0 unspecified atom stereocenters. The van der Waals surface area contributed by atoms with Gasteiger partial charge >= 0.3 is 0 Å². The third-order valence-corrected chi connectivity index (χ3v) is 12.7. The van der Waals surface area contributed by atoms with Crippen LogP contribution in [0.15, 0.2) is 194 Å². The quantitative estimate of drug-likeness (QED) is 0.172. The number of hydrogen-bond donors (Lipinski definition) is 0. The first kappa shape index (κ1) is 30.5. The molecule has 0 spiro atoms. The van der Waals surface area contributed by atoms with Crippen molar-refractivity contribution in [2.24, 2.45) is 0 Å². The smallest absolute Gasteiger partial charge is 0.0541 e. The molecule has 0 N–H and O–H groups in total. The number of nitrogens with zero attached hydrogens (tertiary/aromatic N) is 2. The van der Waals surface area contributed by atoms with Crippen molar-refractivity contribution in [3.8, 4) is 33.6 Å². The van der Waals surface area contributed by atoms with Crippen molar-refractivity contribution in [1.29, 1.82) is 0 Å². The van der Waals surface area contributed by atoms with E-state index in [0.717, 1.165) is 5.69 Å². The van der Waals surface area contributed by atoms with Crippen LogP contribution in [-0.2, 0) is 0 Å². The molecule has 2 nitrogen and oxygen atoms in total. The SMILES string of the molecule is c1ccc2cc(-n3c4ccccc4c4cc(-c5ccc6c(c5)c5ccccc5n6-c5ccc(-c6cccc7c6sc6ccccc67)cc5)ccc43)ccc2c1. The molecule has 0 radical (unpaired) electrons. The minimum absolute atomic E-state index is 1.16. The Morgan fingerprint density at radius 3 is 1.55 bits per heavy atom. The predicted octanol–water partition coefficient (Wildman–Crippen LogP) is 14.7. The van der Waals surface area contributed by atoms with Crippen LogP contribution in [-0.4, -0.2) is 9.13 Å². The standard InChI is InChI=1S/C52H32N2S/c1-2-11-35-30-39(27-20-33(35)10-1)54-48-18-7-4-13-42(48)46-32-37(24-29-50(46)54)36-23-28-49-45(31-36)41-12-3-6-17-47(41)53(49)38-25-21-34(22-26-38)40-15-9-16-44-43-14-5-8-19-51(43)55-52(40)44/h1-32H. The molecular weight excluding hydrogens is 685 g/mol. The van der Waals surface area contributed by atoms with E-state index in [4.69, 9.17) is 0 Å². The van der Waals surface area contributed by atoms with Gasteiger partial charge in [0.1, 0.15) is 0 Å². The molecule has 0 saturated carbocycles. The van der Waals surface area contributed by atoms with Crippen LogP contribution in [0, 0.1) is 0 Å². The lowest BCUT2D eigenvalue weighted by atomic mass is 10.0. The van der Waals surface area contributed by atoms with Crippen LogP contribution in [0.3, 0.4) is 0 Å². The highest BCUT2D eigenvalue weighted by molar-refractivity contribution is 7.26. The van der Waals surface area contributed by atoms with Crippen molar-refractivity contribution in [2.45, 2.75) is 0 Å². The van der Waals surface area contributed by atoms with E-state index in [-0.39, 0.29) is 0 Å². The Morgan fingerprint density at radius 2 is 0.836 bits per heavy atom. The molecule has 0 aliphatic carbocycles. The van der Waals surface area contributed by atoms with Gasteiger partial charge < -0.3 is 9.13 Å². The molecule has 0 bridgehead atoms. The summed E-state index contributed by atoms with van der Waals surface area (Å²) in [5.74, 6) is 0. The van der Waals surface area contributed by atoms with E-state index >= 15 is 0 Å². The average molecular weight is 717 g/mol. The van der Waals surface area contributed by atoms with Crippen LogP contribution in [0.4, 0.5) is 0 Å². The second-order valence-electron chi connectivity index (χ2n) is 14.5. The normalized spacial score (nSPS) is 12.0. The van der Waals surface area contributed by atoms with E-state index < -0.39 is 0 Å². The fourth-order valence-corrected chi connectivity index (χ4v) is 10.2. The molecule has 256 valence electrons. The lowest BCUT2D eigenvalue weighted by Gasteiger charge is -2.11. The summed E-state index contributed by atoms with van der Waals surface area (Å²) in [7, 11) is 0. The first-order valence-electron chi connectivity index (χ1n) is 18.8. The zero-order chi connectivity index (χ0) is 36.0. The molecule has 3 heterocycles. The zero-order valence-electron chi connectivity index (χ0n) is 29.8. The number of para-hydroxylation sites is 2. The van der Waals surface area contributed by atoms with Gasteiger partial charge in [0.05, 0.1) is 22.1 Å². The molecule has 3 heteroatoms. The fourth-order valence-electron chi connectivity index (χ4n) is 8.94. The summed E-state index contributed by atoms with van der Waals surface area (Å²) >= 11 is 1.88. The summed E-state index contributed by atoms with van der Waals surface area (Å²) in [6, 6.07) is 71.4. The lowest BCUT2D eigenvalue weighted by Crippen LogP contribution is -1.94. The van der Waals surface area contributed by atoms with Gasteiger partial charge in [-0.05, 0) is 99.8 Å². The van der Waals surface area contributed by atoms with Gasteiger partial charge in [0, 0.05) is 53.1 Å². The molecule has 12 aromatic rings. The predicted molar refractivity (Wildman–Crippen MR) is 236 cm³/mol. The lowest BCUT2D eigenvalue weighted by molar-refractivity contribution is 1.18. The van der Waals surface area contributed by atoms with E-state index in [1.165, 1.54) is 102 Å². The van der Waals surface area contributed by atoms with E-state index in [2.05, 4.69) is 203 Å². The molecule has 3 aromatic heterocycles. The maximum Gasteiger partial charge on any atom is 0.0541 e. The number of benzene rings is 9. The van der Waals surface area contributed by atoms with E-state index in [0.29, 0.717) is 0 Å². The molecule has 9 aromatic carbocycles. The summed E-state index contributed by atoms with van der Waals surface area (Å²) in [5, 5.41) is 10.2. The van der Waals surface area contributed by atoms with Crippen LogP contribution in [0.5, 0.6) is 0 Å². The number of thiophene rings is 1. The number of rotatable bonds is 4. The van der Waals surface area contributed by atoms with Crippen molar-refractivity contribution in [3.63, 3.8) is 0 Å². The first-order chi connectivity index (χ1) is 27.3. The minimum atomic E-state index is 1.16. The molecule has 0 saturated heterocycles. The second kappa shape index (κ2) is 11.8. The Balaban J connectivity index is 0.973. The Kier molecular flexibility index (Phi) is 6.54. The van der Waals surface area contributed by atoms with Gasteiger partial charge in [-0.3, -0.25) is 0 Å². The number of hydrogen-bond acceptors (Lipinski definition) is 1. The maximum atomic E-state index is 2.42. The Bertz CT molecular complexity index is 3490. The van der Waals surface area contributed by atoms with Gasteiger partial charge in [0.15, 0.2) is 0 Å². The molecule has 0 atom stereocenters. The average Bonchev–Trinajstić information content (AvgIpc) is 3.91. The van der Waals surface area contributed by atoms with Gasteiger partial charge in [0.25, 0.3) is 0 Å².